The van der Waals surface area contributed by atoms with Gasteiger partial charge in [-0.2, -0.15) is 0 Å². The molecule has 0 unspecified atom stereocenters. The number of aryl methyl sites for hydroxylation is 1. The van der Waals surface area contributed by atoms with Crippen LogP contribution in [0.5, 0.6) is 0 Å². The predicted molar refractivity (Wildman–Crippen MR) is 78.4 cm³/mol. The van der Waals surface area contributed by atoms with Crippen molar-refractivity contribution in [2.45, 2.75) is 13.5 Å². The lowest BCUT2D eigenvalue weighted by Crippen LogP contribution is -2.23. The molecule has 2 rings (SSSR count). The van der Waals surface area contributed by atoms with Gasteiger partial charge in [0, 0.05) is 22.3 Å². The third-order valence-electron chi connectivity index (χ3n) is 2.71. The van der Waals surface area contributed by atoms with E-state index in [1.165, 1.54) is 11.3 Å². The van der Waals surface area contributed by atoms with E-state index in [-0.39, 0.29) is 12.5 Å². The quantitative estimate of drug-likeness (QED) is 0.845. The second-order valence-corrected chi connectivity index (χ2v) is 5.04. The van der Waals surface area contributed by atoms with Gasteiger partial charge in [0.15, 0.2) is 0 Å². The number of aliphatic hydroxyl groups excluding tert-OH is 1. The molecule has 0 spiro atoms. The third-order valence-corrected chi connectivity index (χ3v) is 3.63. The van der Waals surface area contributed by atoms with Gasteiger partial charge in [-0.25, -0.2) is 0 Å². The summed E-state index contributed by atoms with van der Waals surface area (Å²) >= 11 is 1.53. The van der Waals surface area contributed by atoms with Crippen molar-refractivity contribution in [2.75, 3.05) is 6.61 Å². The highest BCUT2D eigenvalue weighted by atomic mass is 32.1. The Morgan fingerprint density at radius 1 is 1.50 bits per heavy atom. The number of amides is 1. The zero-order valence-electron chi connectivity index (χ0n) is 11.0. The molecule has 0 saturated carbocycles. The number of nitrogens with one attached hydrogen (secondary N) is 1. The van der Waals surface area contributed by atoms with Gasteiger partial charge in [-0.05, 0) is 30.5 Å². The number of carbonyl (C=O) groups excluding carboxylic acids is 1. The Balaban J connectivity index is 2.04. The van der Waals surface area contributed by atoms with Crippen LogP contribution in [0.1, 0.15) is 26.5 Å². The van der Waals surface area contributed by atoms with E-state index in [0.717, 1.165) is 10.4 Å². The van der Waals surface area contributed by atoms with Crippen LogP contribution in [-0.4, -0.2) is 22.6 Å². The molecule has 2 aromatic heterocycles. The molecular weight excluding hydrogens is 272 g/mol. The molecule has 0 saturated heterocycles. The monoisotopic (exact) mass is 286 g/mol. The first-order valence-corrected chi connectivity index (χ1v) is 6.96. The van der Waals surface area contributed by atoms with Gasteiger partial charge >= 0.3 is 0 Å². The minimum Gasteiger partial charge on any atom is -0.384 e. The van der Waals surface area contributed by atoms with Crippen LogP contribution in [0.15, 0.2) is 29.8 Å². The highest BCUT2D eigenvalue weighted by Gasteiger charge is 2.10. The maximum Gasteiger partial charge on any atom is 0.253 e. The highest BCUT2D eigenvalue weighted by Crippen LogP contribution is 2.15. The van der Waals surface area contributed by atoms with Crippen LogP contribution in [0.3, 0.4) is 0 Å². The lowest BCUT2D eigenvalue weighted by atomic mass is 10.2. The van der Waals surface area contributed by atoms with Gasteiger partial charge in [0.2, 0.25) is 0 Å². The molecule has 1 amide bonds. The average molecular weight is 286 g/mol. The fraction of sp³-hybridized carbons (Fsp3) is 0.200. The minimum atomic E-state index is -0.170. The lowest BCUT2D eigenvalue weighted by molar-refractivity contribution is 0.0950. The molecule has 0 aromatic carbocycles. The van der Waals surface area contributed by atoms with Crippen molar-refractivity contribution < 1.29 is 9.90 Å². The van der Waals surface area contributed by atoms with Crippen molar-refractivity contribution in [3.63, 3.8) is 0 Å². The Morgan fingerprint density at radius 3 is 3.10 bits per heavy atom. The SMILES string of the molecule is Cc1ncccc1C(=O)NCc1sccc1C#CCO. The van der Waals surface area contributed by atoms with Gasteiger partial charge in [0.1, 0.15) is 6.61 Å². The van der Waals surface area contributed by atoms with Gasteiger partial charge in [0.05, 0.1) is 12.1 Å². The summed E-state index contributed by atoms with van der Waals surface area (Å²) in [4.78, 5) is 17.1. The number of thiophene rings is 1. The summed E-state index contributed by atoms with van der Waals surface area (Å²) in [5.41, 5.74) is 2.12. The largest absolute Gasteiger partial charge is 0.384 e. The lowest BCUT2D eigenvalue weighted by Gasteiger charge is -2.06. The van der Waals surface area contributed by atoms with Crippen molar-refractivity contribution in [1.82, 2.24) is 10.3 Å². The van der Waals surface area contributed by atoms with Crippen molar-refractivity contribution in [1.29, 1.82) is 0 Å². The molecule has 0 fully saturated rings. The second kappa shape index (κ2) is 6.85. The Kier molecular flexibility index (Phi) is 4.88. The Bertz CT molecular complexity index is 668. The molecule has 0 aliphatic rings. The number of rotatable bonds is 3. The van der Waals surface area contributed by atoms with Crippen LogP contribution in [0.25, 0.3) is 0 Å². The second-order valence-electron chi connectivity index (χ2n) is 4.04. The first kappa shape index (κ1) is 14.3. The van der Waals surface area contributed by atoms with E-state index >= 15 is 0 Å². The van der Waals surface area contributed by atoms with Crippen LogP contribution >= 0.6 is 11.3 Å². The molecular formula is C15H14N2O2S. The fourth-order valence-corrected chi connectivity index (χ4v) is 2.47. The van der Waals surface area contributed by atoms with Crippen molar-refractivity contribution >= 4 is 17.2 Å². The average Bonchev–Trinajstić information content (AvgIpc) is 2.90. The molecule has 0 aliphatic heterocycles. The number of aromatic nitrogens is 1. The normalized spacial score (nSPS) is 9.70. The first-order chi connectivity index (χ1) is 9.72. The number of pyridine rings is 1. The Hall–Kier alpha value is -2.16. The smallest absolute Gasteiger partial charge is 0.253 e. The van der Waals surface area contributed by atoms with Gasteiger partial charge in [0.25, 0.3) is 5.91 Å². The number of aliphatic hydroxyl groups is 1. The molecule has 2 heterocycles. The molecule has 0 radical (unpaired) electrons. The third kappa shape index (κ3) is 3.44. The van der Waals surface area contributed by atoms with E-state index in [0.29, 0.717) is 17.8 Å². The molecule has 20 heavy (non-hydrogen) atoms. The number of nitrogens with zero attached hydrogens (tertiary/aromatic N) is 1. The van der Waals surface area contributed by atoms with Crippen molar-refractivity contribution in [3.8, 4) is 11.8 Å². The summed E-state index contributed by atoms with van der Waals surface area (Å²) in [5.74, 6) is 5.33. The molecule has 5 heteroatoms. The Morgan fingerprint density at radius 2 is 2.35 bits per heavy atom. The molecule has 0 atom stereocenters. The van der Waals surface area contributed by atoms with Gasteiger partial charge in [-0.15, -0.1) is 11.3 Å². The van der Waals surface area contributed by atoms with Crippen LogP contribution in [-0.2, 0) is 6.54 Å². The summed E-state index contributed by atoms with van der Waals surface area (Å²) in [6.07, 6.45) is 1.66. The summed E-state index contributed by atoms with van der Waals surface area (Å²) in [7, 11) is 0. The van der Waals surface area contributed by atoms with E-state index in [4.69, 9.17) is 5.11 Å². The molecule has 4 nitrogen and oxygen atoms in total. The summed E-state index contributed by atoms with van der Waals surface area (Å²) in [6.45, 7) is 2.05. The Labute approximate surface area is 121 Å². The maximum absolute atomic E-state index is 12.1. The van der Waals surface area contributed by atoms with E-state index in [1.807, 2.05) is 11.4 Å². The van der Waals surface area contributed by atoms with Crippen LogP contribution in [0, 0.1) is 18.8 Å². The molecule has 2 N–H and O–H groups in total. The van der Waals surface area contributed by atoms with Crippen molar-refractivity contribution in [3.05, 3.63) is 51.5 Å². The predicted octanol–water partition coefficient (Wildman–Crippen LogP) is 1.73. The number of hydrogen-bond acceptors (Lipinski definition) is 4. The van der Waals surface area contributed by atoms with Gasteiger partial charge < -0.3 is 10.4 Å². The maximum atomic E-state index is 12.1. The summed E-state index contributed by atoms with van der Waals surface area (Å²) in [6, 6.07) is 5.37. The van der Waals surface area contributed by atoms with E-state index in [2.05, 4.69) is 22.1 Å². The first-order valence-electron chi connectivity index (χ1n) is 6.08. The van der Waals surface area contributed by atoms with E-state index in [1.54, 1.807) is 25.3 Å². The van der Waals surface area contributed by atoms with Crippen LogP contribution in [0.2, 0.25) is 0 Å². The summed E-state index contributed by atoms with van der Waals surface area (Å²) in [5, 5.41) is 13.5. The van der Waals surface area contributed by atoms with Crippen molar-refractivity contribution in [2.24, 2.45) is 0 Å². The van der Waals surface area contributed by atoms with E-state index < -0.39 is 0 Å². The minimum absolute atomic E-state index is 0.148. The summed E-state index contributed by atoms with van der Waals surface area (Å²) < 4.78 is 0. The number of carbonyl (C=O) groups is 1. The standard InChI is InChI=1S/C15H14N2O2S/c1-11-13(5-2-7-16-11)15(19)17-10-14-12(4-3-8-18)6-9-20-14/h2,5-7,9,18H,8,10H2,1H3,(H,17,19). The topological polar surface area (TPSA) is 62.2 Å². The number of hydrogen-bond donors (Lipinski definition) is 2. The molecule has 102 valence electrons. The zero-order chi connectivity index (χ0) is 14.4. The molecule has 2 aromatic rings. The molecule has 0 bridgehead atoms. The van der Waals surface area contributed by atoms with Crippen LogP contribution < -0.4 is 5.32 Å². The van der Waals surface area contributed by atoms with Gasteiger partial charge in [-0.1, -0.05) is 11.8 Å². The van der Waals surface area contributed by atoms with Gasteiger partial charge in [-0.3, -0.25) is 9.78 Å². The van der Waals surface area contributed by atoms with Crippen LogP contribution in [0.4, 0.5) is 0 Å². The highest BCUT2D eigenvalue weighted by molar-refractivity contribution is 7.10. The fourth-order valence-electron chi connectivity index (χ4n) is 1.70. The molecule has 0 aliphatic carbocycles. The van der Waals surface area contributed by atoms with E-state index in [9.17, 15) is 4.79 Å². The zero-order valence-corrected chi connectivity index (χ0v) is 11.8.